The number of halogens is 1. The fourth-order valence-corrected chi connectivity index (χ4v) is 2.27. The van der Waals surface area contributed by atoms with Crippen LogP contribution in [0.5, 0.6) is 5.75 Å². The Morgan fingerprint density at radius 3 is 2.71 bits per heavy atom. The van der Waals surface area contributed by atoms with Crippen molar-refractivity contribution in [3.8, 4) is 5.75 Å². The molecule has 5 heteroatoms. The highest BCUT2D eigenvalue weighted by Gasteiger charge is 2.17. The number of carbonyl (C=O) groups is 1. The molecule has 1 aliphatic heterocycles. The van der Waals surface area contributed by atoms with E-state index < -0.39 is 0 Å². The van der Waals surface area contributed by atoms with Crippen LogP contribution in [0.1, 0.15) is 0 Å². The smallest absolute Gasteiger partial charge is 0.257 e. The van der Waals surface area contributed by atoms with Crippen LogP contribution < -0.4 is 15.4 Å². The van der Waals surface area contributed by atoms with E-state index in [0.29, 0.717) is 5.92 Å². The van der Waals surface area contributed by atoms with E-state index in [0.717, 1.165) is 36.2 Å². The second-order valence-corrected chi connectivity index (χ2v) is 5.09. The zero-order valence-electron chi connectivity index (χ0n) is 11.7. The maximum absolute atomic E-state index is 11.7. The minimum absolute atomic E-state index is 0. The van der Waals surface area contributed by atoms with Crippen LogP contribution in [0.4, 0.5) is 0 Å². The molecular weight excluding hydrogens is 288 g/mol. The van der Waals surface area contributed by atoms with Crippen molar-refractivity contribution in [3.05, 3.63) is 42.5 Å². The fourth-order valence-electron chi connectivity index (χ4n) is 2.27. The number of hydrogen-bond donors (Lipinski definition) is 2. The van der Waals surface area contributed by atoms with Gasteiger partial charge in [0.15, 0.2) is 6.61 Å². The lowest BCUT2D eigenvalue weighted by atomic mass is 10.0. The summed E-state index contributed by atoms with van der Waals surface area (Å²) in [6.07, 6.45) is 0. The molecule has 2 aromatic carbocycles. The highest BCUT2D eigenvalue weighted by Crippen LogP contribution is 2.24. The summed E-state index contributed by atoms with van der Waals surface area (Å²) < 4.78 is 5.64. The van der Waals surface area contributed by atoms with E-state index >= 15 is 0 Å². The number of amides is 1. The zero-order chi connectivity index (χ0) is 13.8. The van der Waals surface area contributed by atoms with E-state index in [2.05, 4.69) is 10.6 Å². The quantitative estimate of drug-likeness (QED) is 0.888. The van der Waals surface area contributed by atoms with Crippen LogP contribution in [0.15, 0.2) is 42.5 Å². The molecule has 0 aromatic heterocycles. The summed E-state index contributed by atoms with van der Waals surface area (Å²) in [6.45, 7) is 2.77. The standard InChI is InChI=1S/C16H18N2O2.ClH/c19-16(18-10-12-8-17-9-12)11-20-15-7-3-5-13-4-1-2-6-14(13)15;/h1-7,12,17H,8-11H2,(H,18,19);1H. The molecule has 2 N–H and O–H groups in total. The molecule has 1 fully saturated rings. The van der Waals surface area contributed by atoms with Gasteiger partial charge in [-0.2, -0.15) is 0 Å². The molecule has 0 aliphatic carbocycles. The van der Waals surface area contributed by atoms with E-state index in [9.17, 15) is 4.79 Å². The topological polar surface area (TPSA) is 50.4 Å². The van der Waals surface area contributed by atoms with Crippen molar-refractivity contribution in [2.24, 2.45) is 5.92 Å². The average Bonchev–Trinajstić information content (AvgIpc) is 2.43. The van der Waals surface area contributed by atoms with Crippen LogP contribution in [0.3, 0.4) is 0 Å². The Hall–Kier alpha value is -1.78. The predicted octanol–water partition coefficient (Wildman–Crippen LogP) is 1.98. The molecule has 0 unspecified atom stereocenters. The number of nitrogens with one attached hydrogen (secondary N) is 2. The molecule has 1 heterocycles. The molecule has 21 heavy (non-hydrogen) atoms. The number of hydrogen-bond acceptors (Lipinski definition) is 3. The van der Waals surface area contributed by atoms with Gasteiger partial charge >= 0.3 is 0 Å². The SMILES string of the molecule is Cl.O=C(COc1cccc2ccccc12)NCC1CNC1. The van der Waals surface area contributed by atoms with Crippen molar-refractivity contribution in [2.75, 3.05) is 26.2 Å². The number of carbonyl (C=O) groups excluding carboxylic acids is 1. The van der Waals surface area contributed by atoms with E-state index in [4.69, 9.17) is 4.74 Å². The van der Waals surface area contributed by atoms with Crippen molar-refractivity contribution in [3.63, 3.8) is 0 Å². The number of fused-ring (bicyclic) bond motifs is 1. The molecule has 0 saturated carbocycles. The first-order valence-electron chi connectivity index (χ1n) is 6.91. The number of benzene rings is 2. The summed E-state index contributed by atoms with van der Waals surface area (Å²) in [5, 5.41) is 8.23. The second-order valence-electron chi connectivity index (χ2n) is 5.09. The molecule has 2 aromatic rings. The number of rotatable bonds is 5. The van der Waals surface area contributed by atoms with Gasteiger partial charge in [0.2, 0.25) is 0 Å². The largest absolute Gasteiger partial charge is 0.483 e. The van der Waals surface area contributed by atoms with Gasteiger partial charge in [-0.3, -0.25) is 4.79 Å². The Bertz CT molecular complexity index is 609. The molecule has 0 spiro atoms. The Balaban J connectivity index is 0.00000161. The van der Waals surface area contributed by atoms with E-state index in [1.165, 1.54) is 0 Å². The normalized spacial score (nSPS) is 14.1. The first kappa shape index (κ1) is 15.6. The van der Waals surface area contributed by atoms with Gasteiger partial charge in [-0.1, -0.05) is 36.4 Å². The summed E-state index contributed by atoms with van der Waals surface area (Å²) in [5.74, 6) is 1.25. The Kier molecular flexibility index (Phi) is 5.42. The van der Waals surface area contributed by atoms with Crippen LogP contribution in [0.2, 0.25) is 0 Å². The molecule has 3 rings (SSSR count). The molecular formula is C16H19ClN2O2. The minimum atomic E-state index is -0.0650. The minimum Gasteiger partial charge on any atom is -0.483 e. The summed E-state index contributed by atoms with van der Waals surface area (Å²) in [4.78, 5) is 11.7. The zero-order valence-corrected chi connectivity index (χ0v) is 12.5. The lowest BCUT2D eigenvalue weighted by Crippen LogP contribution is -2.48. The Morgan fingerprint density at radius 1 is 1.19 bits per heavy atom. The first-order chi connectivity index (χ1) is 9.83. The maximum atomic E-state index is 11.7. The third-order valence-corrected chi connectivity index (χ3v) is 3.56. The monoisotopic (exact) mass is 306 g/mol. The third-order valence-electron chi connectivity index (χ3n) is 3.56. The second kappa shape index (κ2) is 7.29. The molecule has 1 amide bonds. The Labute approximate surface area is 130 Å². The van der Waals surface area contributed by atoms with E-state index in [1.807, 2.05) is 42.5 Å². The molecule has 112 valence electrons. The molecule has 0 radical (unpaired) electrons. The summed E-state index contributed by atoms with van der Waals surface area (Å²) in [6, 6.07) is 13.9. The molecule has 1 aliphatic rings. The fraction of sp³-hybridized carbons (Fsp3) is 0.312. The van der Waals surface area contributed by atoms with Crippen LogP contribution in [-0.4, -0.2) is 32.1 Å². The van der Waals surface area contributed by atoms with E-state index in [1.54, 1.807) is 0 Å². The molecule has 0 atom stereocenters. The van der Waals surface area contributed by atoms with Crippen molar-refractivity contribution >= 4 is 29.1 Å². The molecule has 4 nitrogen and oxygen atoms in total. The van der Waals surface area contributed by atoms with Crippen molar-refractivity contribution in [1.29, 1.82) is 0 Å². The van der Waals surface area contributed by atoms with Gasteiger partial charge in [0.05, 0.1) is 0 Å². The highest BCUT2D eigenvalue weighted by atomic mass is 35.5. The van der Waals surface area contributed by atoms with Crippen molar-refractivity contribution < 1.29 is 9.53 Å². The van der Waals surface area contributed by atoms with Gasteiger partial charge in [-0.15, -0.1) is 12.4 Å². The van der Waals surface area contributed by atoms with Crippen LogP contribution >= 0.6 is 12.4 Å². The van der Waals surface area contributed by atoms with Gasteiger partial charge in [-0.25, -0.2) is 0 Å². The van der Waals surface area contributed by atoms with Gasteiger partial charge in [0, 0.05) is 30.9 Å². The lowest BCUT2D eigenvalue weighted by Gasteiger charge is -2.27. The predicted molar refractivity (Wildman–Crippen MR) is 86.1 cm³/mol. The van der Waals surface area contributed by atoms with Crippen LogP contribution in [-0.2, 0) is 4.79 Å². The van der Waals surface area contributed by atoms with Gasteiger partial charge < -0.3 is 15.4 Å². The van der Waals surface area contributed by atoms with Crippen LogP contribution in [0.25, 0.3) is 10.8 Å². The number of ether oxygens (including phenoxy) is 1. The summed E-state index contributed by atoms with van der Waals surface area (Å²) in [7, 11) is 0. The van der Waals surface area contributed by atoms with Gasteiger partial charge in [0.1, 0.15) is 5.75 Å². The maximum Gasteiger partial charge on any atom is 0.257 e. The molecule has 1 saturated heterocycles. The highest BCUT2D eigenvalue weighted by molar-refractivity contribution is 5.88. The first-order valence-corrected chi connectivity index (χ1v) is 6.91. The van der Waals surface area contributed by atoms with E-state index in [-0.39, 0.29) is 24.9 Å². The Morgan fingerprint density at radius 2 is 1.95 bits per heavy atom. The van der Waals surface area contributed by atoms with Gasteiger partial charge in [0.25, 0.3) is 5.91 Å². The van der Waals surface area contributed by atoms with Crippen molar-refractivity contribution in [1.82, 2.24) is 10.6 Å². The van der Waals surface area contributed by atoms with Crippen molar-refractivity contribution in [2.45, 2.75) is 0 Å². The third kappa shape index (κ3) is 3.86. The van der Waals surface area contributed by atoms with Crippen LogP contribution in [0, 0.1) is 5.92 Å². The molecule has 0 bridgehead atoms. The average molecular weight is 307 g/mol. The lowest BCUT2D eigenvalue weighted by molar-refractivity contribution is -0.123. The van der Waals surface area contributed by atoms with Gasteiger partial charge in [-0.05, 0) is 11.5 Å². The summed E-state index contributed by atoms with van der Waals surface area (Å²) >= 11 is 0. The summed E-state index contributed by atoms with van der Waals surface area (Å²) in [5.41, 5.74) is 0.